The topological polar surface area (TPSA) is 136 Å². The quantitative estimate of drug-likeness (QED) is 0.288. The van der Waals surface area contributed by atoms with Gasteiger partial charge < -0.3 is 43.9 Å². The number of ketones is 1. The van der Waals surface area contributed by atoms with Crippen LogP contribution in [0.3, 0.4) is 0 Å². The van der Waals surface area contributed by atoms with E-state index in [1.54, 1.807) is 21.0 Å². The van der Waals surface area contributed by atoms with E-state index in [0.717, 1.165) is 0 Å². The zero-order valence-corrected chi connectivity index (χ0v) is 31.8. The largest absolute Gasteiger partial charge is 0.458 e. The van der Waals surface area contributed by atoms with Crippen LogP contribution in [0.5, 0.6) is 0 Å². The number of carbonyl (C=O) groups excluding carboxylic acids is 3. The van der Waals surface area contributed by atoms with E-state index >= 15 is 0 Å². The standard InChI is InChI=1S/C36H65N3O9/c1-14-28-36(9)26(16-29(40)48-36)24(7)37-18-21(4)17-35(8,44-13)32(22(5)30(41)23(6)33(43)46-28)47-34-31(42)27(38(10)11)15-25(45-34)19-39(12)20(2)3/h20-28,31-32,34,37,42H,14-19H2,1-13H3/t21-,22+,23?,24-,25?,26-,27?,28-,31?,32-,34?,35-,36+/m1/s1. The van der Waals surface area contributed by atoms with Crippen LogP contribution in [-0.2, 0) is 38.1 Å². The highest BCUT2D eigenvalue weighted by Gasteiger charge is 2.55. The monoisotopic (exact) mass is 683 g/mol. The number of rotatable bonds is 8. The minimum absolute atomic E-state index is 0.0525. The van der Waals surface area contributed by atoms with E-state index in [0.29, 0.717) is 38.4 Å². The number of methoxy groups -OCH3 is 1. The highest BCUT2D eigenvalue weighted by molar-refractivity contribution is 6.00. The molecule has 12 heteroatoms. The van der Waals surface area contributed by atoms with Crippen LogP contribution in [-0.4, -0.2) is 134 Å². The number of hydrogen-bond donors (Lipinski definition) is 2. The van der Waals surface area contributed by atoms with Gasteiger partial charge in [0.25, 0.3) is 0 Å². The lowest BCUT2D eigenvalue weighted by molar-refractivity contribution is -0.299. The van der Waals surface area contributed by atoms with E-state index in [1.165, 1.54) is 0 Å². The predicted molar refractivity (Wildman–Crippen MR) is 182 cm³/mol. The maximum Gasteiger partial charge on any atom is 0.316 e. The number of esters is 2. The van der Waals surface area contributed by atoms with Crippen molar-refractivity contribution in [1.29, 1.82) is 0 Å². The molecule has 0 amide bonds. The zero-order chi connectivity index (χ0) is 36.3. The zero-order valence-electron chi connectivity index (χ0n) is 31.8. The third kappa shape index (κ3) is 8.97. The van der Waals surface area contributed by atoms with E-state index in [1.807, 2.05) is 53.7 Å². The van der Waals surface area contributed by atoms with Crippen LogP contribution in [0.2, 0.25) is 0 Å². The molecule has 2 N–H and O–H groups in total. The van der Waals surface area contributed by atoms with Gasteiger partial charge in [0.15, 0.2) is 17.7 Å². The molecule has 278 valence electrons. The van der Waals surface area contributed by atoms with Crippen LogP contribution in [0.4, 0.5) is 0 Å². The molecule has 0 bridgehead atoms. The molecule has 3 aliphatic rings. The molecule has 0 saturated carbocycles. The number of aliphatic hydroxyl groups is 1. The number of aliphatic hydroxyl groups excluding tert-OH is 1. The van der Waals surface area contributed by atoms with E-state index in [2.05, 4.69) is 31.0 Å². The molecule has 0 radical (unpaired) electrons. The van der Waals surface area contributed by atoms with Crippen LogP contribution < -0.4 is 5.32 Å². The fourth-order valence-corrected chi connectivity index (χ4v) is 7.97. The maximum absolute atomic E-state index is 14.2. The summed E-state index contributed by atoms with van der Waals surface area (Å²) >= 11 is 0. The van der Waals surface area contributed by atoms with Gasteiger partial charge in [-0.1, -0.05) is 20.8 Å². The number of cyclic esters (lactones) is 1. The molecule has 0 aliphatic carbocycles. The fraction of sp³-hybridized carbons (Fsp3) is 0.917. The first-order valence-electron chi connectivity index (χ1n) is 17.9. The number of carbonyl (C=O) groups is 3. The Hall–Kier alpha value is -1.67. The van der Waals surface area contributed by atoms with Gasteiger partial charge >= 0.3 is 11.9 Å². The summed E-state index contributed by atoms with van der Waals surface area (Å²) in [6, 6.07) is -0.0672. The van der Waals surface area contributed by atoms with Crippen molar-refractivity contribution in [1.82, 2.24) is 15.1 Å². The molecule has 3 saturated heterocycles. The summed E-state index contributed by atoms with van der Waals surface area (Å²) in [5, 5.41) is 15.2. The van der Waals surface area contributed by atoms with E-state index in [4.69, 9.17) is 23.7 Å². The van der Waals surface area contributed by atoms with Crippen molar-refractivity contribution in [3.8, 4) is 0 Å². The summed E-state index contributed by atoms with van der Waals surface area (Å²) in [4.78, 5) is 44.7. The van der Waals surface area contributed by atoms with Crippen LogP contribution in [0, 0.1) is 23.7 Å². The minimum atomic E-state index is -1.13. The molecular weight excluding hydrogens is 618 g/mol. The van der Waals surface area contributed by atoms with E-state index in [9.17, 15) is 19.5 Å². The molecule has 5 unspecified atom stereocenters. The van der Waals surface area contributed by atoms with Crippen molar-refractivity contribution < 1.29 is 43.2 Å². The lowest BCUT2D eigenvalue weighted by atomic mass is 9.78. The van der Waals surface area contributed by atoms with Crippen molar-refractivity contribution >= 4 is 17.7 Å². The summed E-state index contributed by atoms with van der Waals surface area (Å²) in [5.74, 6) is -3.52. The van der Waals surface area contributed by atoms with Gasteiger partial charge in [-0.05, 0) is 94.4 Å². The van der Waals surface area contributed by atoms with Crippen LogP contribution in [0.15, 0.2) is 0 Å². The molecular formula is C36H65N3O9. The number of nitrogens with one attached hydrogen (secondary N) is 1. The molecule has 3 aliphatic heterocycles. The Balaban J connectivity index is 2.03. The second-order valence-electron chi connectivity index (χ2n) is 15.7. The Morgan fingerprint density at radius 3 is 2.29 bits per heavy atom. The Kier molecular flexibility index (Phi) is 14.1. The number of likely N-dealkylation sites (N-methyl/N-ethyl adjacent to an activating group) is 2. The van der Waals surface area contributed by atoms with Crippen molar-refractivity contribution in [2.75, 3.05) is 41.3 Å². The molecule has 48 heavy (non-hydrogen) atoms. The smallest absolute Gasteiger partial charge is 0.316 e. The van der Waals surface area contributed by atoms with E-state index < -0.39 is 53.6 Å². The van der Waals surface area contributed by atoms with Gasteiger partial charge in [0.05, 0.1) is 24.2 Å². The lowest BCUT2D eigenvalue weighted by Gasteiger charge is -2.47. The van der Waals surface area contributed by atoms with Gasteiger partial charge in [-0.2, -0.15) is 0 Å². The highest BCUT2D eigenvalue weighted by Crippen LogP contribution is 2.42. The summed E-state index contributed by atoms with van der Waals surface area (Å²) in [6.45, 7) is 18.5. The maximum atomic E-state index is 14.2. The van der Waals surface area contributed by atoms with Crippen LogP contribution in [0.1, 0.15) is 88.0 Å². The van der Waals surface area contributed by atoms with Crippen molar-refractivity contribution in [2.45, 2.75) is 148 Å². The number of ether oxygens (including phenoxy) is 5. The number of fused-ring (bicyclic) bond motifs is 1. The molecule has 3 fully saturated rings. The SMILES string of the molecule is CC[C@H]1OC(=O)C(C)C(=O)[C@H](C)[C@@H](OC2OC(CN(C)C(C)C)CC(N(C)C)C2O)[C@](C)(OC)C[C@@H](C)CN[C@H](C)[C@H]2CC(=O)O[C@@]21C. The molecule has 0 aromatic heterocycles. The van der Waals surface area contributed by atoms with Crippen molar-refractivity contribution in [2.24, 2.45) is 23.7 Å². The molecule has 13 atom stereocenters. The van der Waals surface area contributed by atoms with Gasteiger partial charge in [-0.15, -0.1) is 0 Å². The van der Waals surface area contributed by atoms with E-state index in [-0.39, 0.29) is 48.2 Å². The third-order valence-electron chi connectivity index (χ3n) is 11.4. The van der Waals surface area contributed by atoms with Gasteiger partial charge in [-0.25, -0.2) is 0 Å². The average molecular weight is 684 g/mol. The first-order chi connectivity index (χ1) is 22.3. The first kappa shape index (κ1) is 40.8. The van der Waals surface area contributed by atoms with Gasteiger partial charge in [0, 0.05) is 43.6 Å². The number of hydrogen-bond acceptors (Lipinski definition) is 12. The Bertz CT molecular complexity index is 1110. The average Bonchev–Trinajstić information content (AvgIpc) is 3.34. The second-order valence-corrected chi connectivity index (χ2v) is 15.7. The normalized spacial score (nSPS) is 42.4. The van der Waals surface area contributed by atoms with Gasteiger partial charge in [0.2, 0.25) is 0 Å². The second kappa shape index (κ2) is 16.6. The minimum Gasteiger partial charge on any atom is -0.458 e. The molecule has 0 spiro atoms. The molecule has 0 aromatic rings. The Morgan fingerprint density at radius 1 is 1.08 bits per heavy atom. The van der Waals surface area contributed by atoms with Crippen molar-refractivity contribution in [3.63, 3.8) is 0 Å². The van der Waals surface area contributed by atoms with Gasteiger partial charge in [-0.3, -0.25) is 14.4 Å². The summed E-state index contributed by atoms with van der Waals surface area (Å²) in [7, 11) is 7.50. The first-order valence-corrected chi connectivity index (χ1v) is 17.9. The molecule has 3 heterocycles. The molecule has 0 aromatic carbocycles. The van der Waals surface area contributed by atoms with Gasteiger partial charge in [0.1, 0.15) is 18.1 Å². The summed E-state index contributed by atoms with van der Waals surface area (Å²) < 4.78 is 31.4. The number of nitrogens with zero attached hydrogens (tertiary/aromatic N) is 2. The fourth-order valence-electron chi connectivity index (χ4n) is 7.97. The Morgan fingerprint density at radius 2 is 1.73 bits per heavy atom. The third-order valence-corrected chi connectivity index (χ3v) is 11.4. The van der Waals surface area contributed by atoms with Crippen LogP contribution in [0.25, 0.3) is 0 Å². The Labute approximate surface area is 288 Å². The predicted octanol–water partition coefficient (Wildman–Crippen LogP) is 3.03. The molecule has 3 rings (SSSR count). The van der Waals surface area contributed by atoms with Crippen LogP contribution >= 0.6 is 0 Å². The van der Waals surface area contributed by atoms with Crippen molar-refractivity contribution in [3.05, 3.63) is 0 Å². The number of Topliss-reactive ketones (excluding diaryl/α,β-unsaturated/α-hetero) is 1. The highest BCUT2D eigenvalue weighted by atomic mass is 16.7. The summed E-state index contributed by atoms with van der Waals surface area (Å²) in [6.07, 6.45) is -2.13. The summed E-state index contributed by atoms with van der Waals surface area (Å²) in [5.41, 5.74) is -2.05. The molecule has 12 nitrogen and oxygen atoms in total. The lowest BCUT2D eigenvalue weighted by Crippen LogP contribution is -2.60.